The van der Waals surface area contributed by atoms with Gasteiger partial charge in [0.15, 0.2) is 15.9 Å². The molecule has 7 nitrogen and oxygen atoms in total. The highest BCUT2D eigenvalue weighted by atomic mass is 32.2. The molecular formula is C11H17NO6S. The molecule has 0 spiro atoms. The van der Waals surface area contributed by atoms with Gasteiger partial charge in [0.2, 0.25) is 5.91 Å². The molecule has 2 fully saturated rings. The Morgan fingerprint density at radius 1 is 1.21 bits per heavy atom. The number of aliphatic carboxylic acids is 1. The van der Waals surface area contributed by atoms with Gasteiger partial charge in [0.1, 0.15) is 6.10 Å². The standard InChI is InChI=1S/C11H17NO6S/c13-10(8-3-4-9(18-8)11(14)15)12-6-7-2-1-5-19(7,16)17/h7-9H,1-6H2,(H,12,13)(H,14,15)/t7?,8-,9+/m0/s1. The van der Waals surface area contributed by atoms with E-state index in [0.29, 0.717) is 25.7 Å². The van der Waals surface area contributed by atoms with E-state index in [9.17, 15) is 18.0 Å². The predicted molar refractivity (Wildman–Crippen MR) is 65.3 cm³/mol. The van der Waals surface area contributed by atoms with Crippen molar-refractivity contribution in [1.29, 1.82) is 0 Å². The summed E-state index contributed by atoms with van der Waals surface area (Å²) in [7, 11) is -3.08. The molecule has 2 N–H and O–H groups in total. The number of carbonyl (C=O) groups is 2. The number of hydrogen-bond donors (Lipinski definition) is 2. The Balaban J connectivity index is 1.81. The summed E-state index contributed by atoms with van der Waals surface area (Å²) in [4.78, 5) is 22.4. The van der Waals surface area contributed by atoms with Gasteiger partial charge in [-0.25, -0.2) is 13.2 Å². The van der Waals surface area contributed by atoms with Gasteiger partial charge in [-0.05, 0) is 25.7 Å². The Hall–Kier alpha value is -1.15. The first kappa shape index (κ1) is 14.3. The molecule has 2 saturated heterocycles. The number of amides is 1. The van der Waals surface area contributed by atoms with Gasteiger partial charge in [-0.3, -0.25) is 4.79 Å². The van der Waals surface area contributed by atoms with Crippen molar-refractivity contribution in [2.24, 2.45) is 0 Å². The van der Waals surface area contributed by atoms with Crippen LogP contribution in [0.3, 0.4) is 0 Å². The van der Waals surface area contributed by atoms with E-state index in [4.69, 9.17) is 9.84 Å². The molecule has 2 rings (SSSR count). The Kier molecular flexibility index (Phi) is 4.10. The molecule has 2 aliphatic rings. The minimum atomic E-state index is -3.08. The van der Waals surface area contributed by atoms with Crippen LogP contribution < -0.4 is 5.32 Å². The smallest absolute Gasteiger partial charge is 0.332 e. The molecule has 1 unspecified atom stereocenters. The molecule has 0 aliphatic carbocycles. The second kappa shape index (κ2) is 5.46. The number of sulfone groups is 1. The minimum absolute atomic E-state index is 0.0821. The van der Waals surface area contributed by atoms with Crippen LogP contribution in [0.1, 0.15) is 25.7 Å². The number of carboxylic acid groups (broad SMARTS) is 1. The third kappa shape index (κ3) is 3.24. The zero-order valence-corrected chi connectivity index (χ0v) is 11.2. The summed E-state index contributed by atoms with van der Waals surface area (Å²) in [6.07, 6.45) is 0.113. The van der Waals surface area contributed by atoms with E-state index in [0.717, 1.165) is 0 Å². The highest BCUT2D eigenvalue weighted by molar-refractivity contribution is 7.92. The lowest BCUT2D eigenvalue weighted by molar-refractivity contribution is -0.151. The molecule has 2 heterocycles. The number of hydrogen-bond acceptors (Lipinski definition) is 5. The molecule has 1 amide bonds. The van der Waals surface area contributed by atoms with Crippen LogP contribution in [-0.2, 0) is 24.2 Å². The second-order valence-corrected chi connectivity index (χ2v) is 7.31. The Morgan fingerprint density at radius 3 is 2.42 bits per heavy atom. The number of carboxylic acids is 1. The fourth-order valence-corrected chi connectivity index (χ4v) is 4.19. The molecule has 2 aliphatic heterocycles. The average Bonchev–Trinajstić information content (AvgIpc) is 2.92. The van der Waals surface area contributed by atoms with Crippen molar-refractivity contribution >= 4 is 21.7 Å². The van der Waals surface area contributed by atoms with Crippen molar-refractivity contribution in [3.8, 4) is 0 Å². The van der Waals surface area contributed by atoms with Crippen LogP contribution in [-0.4, -0.2) is 55.2 Å². The van der Waals surface area contributed by atoms with Gasteiger partial charge in [0, 0.05) is 6.54 Å². The van der Waals surface area contributed by atoms with E-state index in [2.05, 4.69) is 5.32 Å². The molecular weight excluding hydrogens is 274 g/mol. The van der Waals surface area contributed by atoms with E-state index in [-0.39, 0.29) is 12.3 Å². The van der Waals surface area contributed by atoms with Gasteiger partial charge in [-0.1, -0.05) is 0 Å². The number of nitrogens with one attached hydrogen (secondary N) is 1. The second-order valence-electron chi connectivity index (χ2n) is 4.91. The van der Waals surface area contributed by atoms with Crippen molar-refractivity contribution in [1.82, 2.24) is 5.32 Å². The van der Waals surface area contributed by atoms with E-state index >= 15 is 0 Å². The van der Waals surface area contributed by atoms with Crippen LogP contribution in [0.5, 0.6) is 0 Å². The molecule has 8 heteroatoms. The lowest BCUT2D eigenvalue weighted by Crippen LogP contribution is -2.40. The van der Waals surface area contributed by atoms with Crippen molar-refractivity contribution in [3.63, 3.8) is 0 Å². The third-order valence-electron chi connectivity index (χ3n) is 3.55. The largest absolute Gasteiger partial charge is 0.479 e. The van der Waals surface area contributed by atoms with E-state index in [1.165, 1.54) is 0 Å². The van der Waals surface area contributed by atoms with Crippen LogP contribution in [0.2, 0.25) is 0 Å². The highest BCUT2D eigenvalue weighted by Gasteiger charge is 2.36. The zero-order valence-electron chi connectivity index (χ0n) is 10.4. The molecule has 19 heavy (non-hydrogen) atoms. The van der Waals surface area contributed by atoms with Gasteiger partial charge in [0.25, 0.3) is 0 Å². The van der Waals surface area contributed by atoms with E-state index in [1.54, 1.807) is 0 Å². The fourth-order valence-electron chi connectivity index (χ4n) is 2.43. The van der Waals surface area contributed by atoms with Gasteiger partial charge >= 0.3 is 5.97 Å². The molecule has 0 aromatic rings. The maximum Gasteiger partial charge on any atom is 0.332 e. The summed E-state index contributed by atoms with van der Waals surface area (Å²) >= 11 is 0. The van der Waals surface area contributed by atoms with Gasteiger partial charge < -0.3 is 15.2 Å². The summed E-state index contributed by atoms with van der Waals surface area (Å²) < 4.78 is 28.2. The summed E-state index contributed by atoms with van der Waals surface area (Å²) in [6, 6.07) is 0. The Morgan fingerprint density at radius 2 is 1.89 bits per heavy atom. The topological polar surface area (TPSA) is 110 Å². The van der Waals surface area contributed by atoms with E-state index in [1.807, 2.05) is 0 Å². The molecule has 0 saturated carbocycles. The Labute approximate surface area is 111 Å². The molecule has 0 radical (unpaired) electrons. The van der Waals surface area contributed by atoms with Crippen LogP contribution >= 0.6 is 0 Å². The quantitative estimate of drug-likeness (QED) is 0.709. The van der Waals surface area contributed by atoms with Crippen LogP contribution in [0, 0.1) is 0 Å². The van der Waals surface area contributed by atoms with Crippen LogP contribution in [0.4, 0.5) is 0 Å². The van der Waals surface area contributed by atoms with Crippen molar-refractivity contribution in [2.75, 3.05) is 12.3 Å². The number of carbonyl (C=O) groups excluding carboxylic acids is 1. The SMILES string of the molecule is O=C(NCC1CCCS1(=O)=O)[C@@H]1CC[C@H](C(=O)O)O1. The van der Waals surface area contributed by atoms with Gasteiger partial charge in [-0.15, -0.1) is 0 Å². The monoisotopic (exact) mass is 291 g/mol. The summed E-state index contributed by atoms with van der Waals surface area (Å²) in [5.74, 6) is -1.33. The highest BCUT2D eigenvalue weighted by Crippen LogP contribution is 2.21. The normalized spacial score (nSPS) is 33.2. The first-order valence-electron chi connectivity index (χ1n) is 6.27. The van der Waals surface area contributed by atoms with Crippen molar-refractivity contribution < 1.29 is 27.9 Å². The molecule has 0 bridgehead atoms. The maximum absolute atomic E-state index is 11.8. The first-order valence-corrected chi connectivity index (χ1v) is 7.99. The summed E-state index contributed by atoms with van der Waals surface area (Å²) in [5, 5.41) is 10.8. The fraction of sp³-hybridized carbons (Fsp3) is 0.818. The lowest BCUT2D eigenvalue weighted by atomic mass is 10.2. The van der Waals surface area contributed by atoms with Crippen molar-refractivity contribution in [3.05, 3.63) is 0 Å². The summed E-state index contributed by atoms with van der Waals surface area (Å²) in [5.41, 5.74) is 0. The molecule has 0 aromatic carbocycles. The lowest BCUT2D eigenvalue weighted by Gasteiger charge is -2.14. The van der Waals surface area contributed by atoms with Crippen LogP contribution in [0.15, 0.2) is 0 Å². The molecule has 108 valence electrons. The summed E-state index contributed by atoms with van der Waals surface area (Å²) in [6.45, 7) is 0.0821. The predicted octanol–water partition coefficient (Wildman–Crippen LogP) is -0.688. The average molecular weight is 291 g/mol. The third-order valence-corrected chi connectivity index (χ3v) is 5.83. The van der Waals surface area contributed by atoms with Crippen LogP contribution in [0.25, 0.3) is 0 Å². The Bertz CT molecular complexity index is 474. The molecule has 0 aromatic heterocycles. The van der Waals surface area contributed by atoms with E-state index < -0.39 is 39.2 Å². The molecule has 3 atom stereocenters. The number of rotatable bonds is 4. The first-order chi connectivity index (χ1) is 8.90. The number of ether oxygens (including phenoxy) is 1. The van der Waals surface area contributed by atoms with Crippen molar-refractivity contribution in [2.45, 2.75) is 43.1 Å². The van der Waals surface area contributed by atoms with Gasteiger partial charge in [0.05, 0.1) is 11.0 Å². The van der Waals surface area contributed by atoms with Gasteiger partial charge in [-0.2, -0.15) is 0 Å². The minimum Gasteiger partial charge on any atom is -0.479 e. The zero-order chi connectivity index (χ0) is 14.0. The maximum atomic E-state index is 11.8.